The highest BCUT2D eigenvalue weighted by molar-refractivity contribution is 5.75. The molecule has 0 amide bonds. The Morgan fingerprint density at radius 1 is 1.41 bits per heavy atom. The number of ether oxygens (including phenoxy) is 1. The first kappa shape index (κ1) is 16.7. The van der Waals surface area contributed by atoms with Gasteiger partial charge in [0.1, 0.15) is 0 Å². The number of hydrogen-bond donors (Lipinski definition) is 1. The van der Waals surface area contributed by atoms with E-state index < -0.39 is 11.4 Å². The van der Waals surface area contributed by atoms with E-state index in [-0.39, 0.29) is 0 Å². The van der Waals surface area contributed by atoms with Crippen LogP contribution in [0.15, 0.2) is 36.4 Å². The van der Waals surface area contributed by atoms with Crippen molar-refractivity contribution in [2.75, 3.05) is 33.4 Å². The molecule has 0 unspecified atom stereocenters. The van der Waals surface area contributed by atoms with Gasteiger partial charge in [-0.25, -0.2) is 0 Å². The topological polar surface area (TPSA) is 49.8 Å². The Bertz CT molecular complexity index is 500. The van der Waals surface area contributed by atoms with Gasteiger partial charge in [0.2, 0.25) is 0 Å². The van der Waals surface area contributed by atoms with Crippen LogP contribution in [0.3, 0.4) is 0 Å². The van der Waals surface area contributed by atoms with Crippen molar-refractivity contribution in [3.63, 3.8) is 0 Å². The fourth-order valence-corrected chi connectivity index (χ4v) is 3.07. The molecule has 4 heteroatoms. The van der Waals surface area contributed by atoms with Crippen molar-refractivity contribution >= 4 is 12.0 Å². The highest BCUT2D eigenvalue weighted by atomic mass is 16.5. The highest BCUT2D eigenvalue weighted by Gasteiger charge is 2.41. The molecule has 0 bridgehead atoms. The number of nitrogens with zero attached hydrogens (tertiary/aromatic N) is 1. The van der Waals surface area contributed by atoms with Gasteiger partial charge < -0.3 is 9.84 Å². The van der Waals surface area contributed by atoms with E-state index in [1.807, 2.05) is 18.2 Å². The summed E-state index contributed by atoms with van der Waals surface area (Å²) in [5.74, 6) is -0.693. The number of hydrogen-bond acceptors (Lipinski definition) is 3. The van der Waals surface area contributed by atoms with Gasteiger partial charge in [-0.15, -0.1) is 0 Å². The monoisotopic (exact) mass is 303 g/mol. The van der Waals surface area contributed by atoms with Gasteiger partial charge in [-0.05, 0) is 31.4 Å². The van der Waals surface area contributed by atoms with Gasteiger partial charge in [-0.2, -0.15) is 0 Å². The fourth-order valence-electron chi connectivity index (χ4n) is 3.07. The fraction of sp³-hybridized carbons (Fsp3) is 0.500. The van der Waals surface area contributed by atoms with Crippen LogP contribution >= 0.6 is 0 Å². The lowest BCUT2D eigenvalue weighted by Crippen LogP contribution is -2.48. The molecule has 2 rings (SSSR count). The molecule has 1 atom stereocenters. The van der Waals surface area contributed by atoms with Gasteiger partial charge in [-0.3, -0.25) is 9.69 Å². The molecule has 0 saturated carbocycles. The lowest BCUT2D eigenvalue weighted by molar-refractivity contribution is -0.154. The standard InChI is InChI=1S/C18H25NO3/c1-22-14-11-18(17(20)21)10-6-13-19(15-18)12-5-9-16-7-3-2-4-8-16/h2-5,7-9H,6,10-15H2,1H3,(H,20,21)/b9-5+/t18-/m0/s1. The predicted octanol–water partition coefficient (Wildman–Crippen LogP) is 2.90. The van der Waals surface area contributed by atoms with Gasteiger partial charge in [0, 0.05) is 26.8 Å². The number of benzene rings is 1. The Balaban J connectivity index is 1.94. The van der Waals surface area contributed by atoms with Crippen LogP contribution in [0.4, 0.5) is 0 Å². The molecule has 1 saturated heterocycles. The number of carboxylic acids is 1. The van der Waals surface area contributed by atoms with Crippen LogP contribution in [0.5, 0.6) is 0 Å². The van der Waals surface area contributed by atoms with Crippen LogP contribution < -0.4 is 0 Å². The quantitative estimate of drug-likeness (QED) is 0.841. The first-order valence-corrected chi connectivity index (χ1v) is 7.82. The summed E-state index contributed by atoms with van der Waals surface area (Å²) in [6.07, 6.45) is 6.45. The normalized spacial score (nSPS) is 23.0. The number of aliphatic carboxylic acids is 1. The largest absolute Gasteiger partial charge is 0.481 e. The van der Waals surface area contributed by atoms with E-state index >= 15 is 0 Å². The Morgan fingerprint density at radius 2 is 2.18 bits per heavy atom. The zero-order chi connectivity index (χ0) is 15.8. The number of carbonyl (C=O) groups is 1. The minimum Gasteiger partial charge on any atom is -0.481 e. The van der Waals surface area contributed by atoms with Gasteiger partial charge in [0.25, 0.3) is 0 Å². The average molecular weight is 303 g/mol. The van der Waals surface area contributed by atoms with Crippen LogP contribution in [-0.4, -0.2) is 49.3 Å². The zero-order valence-electron chi connectivity index (χ0n) is 13.2. The molecule has 1 fully saturated rings. The van der Waals surface area contributed by atoms with Crippen molar-refractivity contribution in [1.29, 1.82) is 0 Å². The van der Waals surface area contributed by atoms with Crippen LogP contribution in [0, 0.1) is 5.41 Å². The molecule has 1 aliphatic heterocycles. The van der Waals surface area contributed by atoms with Crippen LogP contribution in [0.25, 0.3) is 6.08 Å². The maximum Gasteiger partial charge on any atom is 0.311 e. The summed E-state index contributed by atoms with van der Waals surface area (Å²) in [5.41, 5.74) is 0.512. The molecule has 0 radical (unpaired) electrons. The maximum absolute atomic E-state index is 11.7. The molecule has 0 aliphatic carbocycles. The SMILES string of the molecule is COCC[C@@]1(C(=O)O)CCCN(C/C=C/c2ccccc2)C1. The second-order valence-electron chi connectivity index (χ2n) is 5.98. The summed E-state index contributed by atoms with van der Waals surface area (Å²) in [5, 5.41) is 9.64. The van der Waals surface area contributed by atoms with Gasteiger partial charge in [-0.1, -0.05) is 42.5 Å². The second kappa shape index (κ2) is 8.11. The molecule has 1 aliphatic rings. The van der Waals surface area contributed by atoms with Crippen LogP contribution in [-0.2, 0) is 9.53 Å². The average Bonchev–Trinajstić information content (AvgIpc) is 2.54. The molecule has 1 aromatic rings. The number of piperidine rings is 1. The van der Waals surface area contributed by atoms with Crippen molar-refractivity contribution in [2.45, 2.75) is 19.3 Å². The lowest BCUT2D eigenvalue weighted by atomic mass is 9.77. The summed E-state index contributed by atoms with van der Waals surface area (Å²) in [6, 6.07) is 10.2. The minimum atomic E-state index is -0.693. The van der Waals surface area contributed by atoms with Crippen LogP contribution in [0.2, 0.25) is 0 Å². The third-order valence-electron chi connectivity index (χ3n) is 4.37. The van der Waals surface area contributed by atoms with Crippen LogP contribution in [0.1, 0.15) is 24.8 Å². The third-order valence-corrected chi connectivity index (χ3v) is 4.37. The first-order chi connectivity index (χ1) is 10.7. The van der Waals surface area contributed by atoms with E-state index in [0.717, 1.165) is 25.9 Å². The Kier molecular flexibility index (Phi) is 6.16. The lowest BCUT2D eigenvalue weighted by Gasteiger charge is -2.39. The molecular formula is C18H25NO3. The minimum absolute atomic E-state index is 0.500. The molecule has 1 N–H and O–H groups in total. The molecule has 4 nitrogen and oxygen atoms in total. The zero-order valence-corrected chi connectivity index (χ0v) is 13.2. The molecular weight excluding hydrogens is 278 g/mol. The maximum atomic E-state index is 11.7. The Hall–Kier alpha value is -1.65. The van der Waals surface area contributed by atoms with Crippen molar-refractivity contribution in [3.8, 4) is 0 Å². The van der Waals surface area contributed by atoms with Gasteiger partial charge >= 0.3 is 5.97 Å². The van der Waals surface area contributed by atoms with E-state index in [1.165, 1.54) is 5.56 Å². The van der Waals surface area contributed by atoms with Crippen molar-refractivity contribution in [2.24, 2.45) is 5.41 Å². The Labute approximate surface area is 132 Å². The predicted molar refractivity (Wildman–Crippen MR) is 87.7 cm³/mol. The highest BCUT2D eigenvalue weighted by Crippen LogP contribution is 2.33. The number of carboxylic acid groups (broad SMARTS) is 1. The summed E-state index contributed by atoms with van der Waals surface area (Å²) < 4.78 is 5.10. The summed E-state index contributed by atoms with van der Waals surface area (Å²) in [6.45, 7) is 2.85. The molecule has 1 heterocycles. The van der Waals surface area contributed by atoms with E-state index in [9.17, 15) is 9.90 Å². The number of rotatable bonds is 7. The van der Waals surface area contributed by atoms with E-state index in [4.69, 9.17) is 4.74 Å². The second-order valence-corrected chi connectivity index (χ2v) is 5.98. The van der Waals surface area contributed by atoms with Crippen molar-refractivity contribution in [1.82, 2.24) is 4.90 Å². The molecule has 1 aromatic carbocycles. The summed E-state index contributed by atoms with van der Waals surface area (Å²) in [7, 11) is 1.62. The molecule has 0 aromatic heterocycles. The summed E-state index contributed by atoms with van der Waals surface area (Å²) in [4.78, 5) is 14.0. The number of likely N-dealkylation sites (tertiary alicyclic amines) is 1. The van der Waals surface area contributed by atoms with Crippen molar-refractivity contribution in [3.05, 3.63) is 42.0 Å². The van der Waals surface area contributed by atoms with E-state index in [0.29, 0.717) is 19.6 Å². The smallest absolute Gasteiger partial charge is 0.311 e. The first-order valence-electron chi connectivity index (χ1n) is 7.82. The van der Waals surface area contributed by atoms with Crippen molar-refractivity contribution < 1.29 is 14.6 Å². The van der Waals surface area contributed by atoms with E-state index in [1.54, 1.807) is 7.11 Å². The van der Waals surface area contributed by atoms with Gasteiger partial charge in [0.15, 0.2) is 0 Å². The van der Waals surface area contributed by atoms with Gasteiger partial charge in [0.05, 0.1) is 5.41 Å². The molecule has 120 valence electrons. The van der Waals surface area contributed by atoms with E-state index in [2.05, 4.69) is 29.2 Å². The number of methoxy groups -OCH3 is 1. The Morgan fingerprint density at radius 3 is 2.86 bits per heavy atom. The molecule has 22 heavy (non-hydrogen) atoms. The molecule has 0 spiro atoms. The summed E-state index contributed by atoms with van der Waals surface area (Å²) >= 11 is 0. The third kappa shape index (κ3) is 4.42.